The number of anilines is 1. The molecule has 1 aromatic heterocycles. The first-order valence-electron chi connectivity index (χ1n) is 5.37. The average molecular weight is 241 g/mol. The number of aliphatic hydroxyl groups excluding tert-OH is 1. The van der Waals surface area contributed by atoms with Gasteiger partial charge in [-0.05, 0) is 12.8 Å². The zero-order chi connectivity index (χ0) is 11.5. The minimum atomic E-state index is -0.314. The van der Waals surface area contributed by atoms with Crippen molar-refractivity contribution in [3.05, 3.63) is 16.4 Å². The monoisotopic (exact) mass is 241 g/mol. The summed E-state index contributed by atoms with van der Waals surface area (Å²) in [6.07, 6.45) is 3.64. The second-order valence-electron chi connectivity index (χ2n) is 3.98. The number of thioether (sulfide) groups is 1. The largest absolute Gasteiger partial charge is 0.392 e. The molecule has 2 rings (SSSR count). The van der Waals surface area contributed by atoms with Crippen LogP contribution in [-0.4, -0.2) is 26.4 Å². The SMILES string of the molecule is Nc1cc(=O)[nH]c(SC2CCCCC2O)n1. The number of hydrogen-bond acceptors (Lipinski definition) is 5. The van der Waals surface area contributed by atoms with Crippen LogP contribution in [0.15, 0.2) is 16.0 Å². The standard InChI is InChI=1S/C10H15N3O2S/c11-8-5-9(15)13-10(12-8)16-7-4-2-1-3-6(7)14/h5-7,14H,1-4H2,(H3,11,12,13,15). The molecule has 0 bridgehead atoms. The minimum absolute atomic E-state index is 0.110. The first kappa shape index (κ1) is 11.5. The number of nitrogens with zero attached hydrogens (tertiary/aromatic N) is 1. The minimum Gasteiger partial charge on any atom is -0.392 e. The van der Waals surface area contributed by atoms with Crippen molar-refractivity contribution in [1.29, 1.82) is 0 Å². The lowest BCUT2D eigenvalue weighted by atomic mass is 9.97. The molecule has 2 atom stereocenters. The highest BCUT2D eigenvalue weighted by Crippen LogP contribution is 2.31. The lowest BCUT2D eigenvalue weighted by Gasteiger charge is -2.26. The number of nitrogen functional groups attached to an aromatic ring is 1. The highest BCUT2D eigenvalue weighted by atomic mass is 32.2. The van der Waals surface area contributed by atoms with Crippen molar-refractivity contribution in [2.24, 2.45) is 0 Å². The van der Waals surface area contributed by atoms with Crippen molar-refractivity contribution in [1.82, 2.24) is 9.97 Å². The van der Waals surface area contributed by atoms with E-state index in [0.29, 0.717) is 5.16 Å². The maximum Gasteiger partial charge on any atom is 0.253 e. The predicted octanol–water partition coefficient (Wildman–Crippen LogP) is 0.748. The molecule has 1 saturated carbocycles. The summed E-state index contributed by atoms with van der Waals surface area (Å²) in [7, 11) is 0. The first-order valence-corrected chi connectivity index (χ1v) is 6.24. The van der Waals surface area contributed by atoms with Crippen LogP contribution in [0.3, 0.4) is 0 Å². The normalized spacial score (nSPS) is 25.6. The summed E-state index contributed by atoms with van der Waals surface area (Å²) in [5.74, 6) is 0.219. The molecule has 2 unspecified atom stereocenters. The number of nitrogens with two attached hydrogens (primary N) is 1. The number of hydrogen-bond donors (Lipinski definition) is 3. The molecule has 1 fully saturated rings. The van der Waals surface area contributed by atoms with Gasteiger partial charge in [0.2, 0.25) is 0 Å². The summed E-state index contributed by atoms with van der Waals surface area (Å²) in [6.45, 7) is 0. The van der Waals surface area contributed by atoms with E-state index in [0.717, 1.165) is 25.7 Å². The van der Waals surface area contributed by atoms with E-state index >= 15 is 0 Å². The lowest BCUT2D eigenvalue weighted by Crippen LogP contribution is -2.27. The molecule has 5 nitrogen and oxygen atoms in total. The summed E-state index contributed by atoms with van der Waals surface area (Å²) in [4.78, 5) is 17.8. The molecule has 0 aliphatic heterocycles. The number of H-pyrrole nitrogens is 1. The van der Waals surface area contributed by atoms with Gasteiger partial charge >= 0.3 is 0 Å². The molecule has 4 N–H and O–H groups in total. The summed E-state index contributed by atoms with van der Waals surface area (Å²) in [6, 6.07) is 1.25. The van der Waals surface area contributed by atoms with Gasteiger partial charge in [-0.25, -0.2) is 4.98 Å². The Kier molecular flexibility index (Phi) is 3.50. The molecule has 0 aromatic carbocycles. The molecular formula is C10H15N3O2S. The second kappa shape index (κ2) is 4.88. The van der Waals surface area contributed by atoms with Gasteiger partial charge in [-0.2, -0.15) is 0 Å². The van der Waals surface area contributed by atoms with Crippen LogP contribution >= 0.6 is 11.8 Å². The van der Waals surface area contributed by atoms with Gasteiger partial charge in [-0.1, -0.05) is 24.6 Å². The van der Waals surface area contributed by atoms with E-state index in [1.807, 2.05) is 0 Å². The molecule has 1 aliphatic carbocycles. The summed E-state index contributed by atoms with van der Waals surface area (Å²) in [5.41, 5.74) is 5.24. The Bertz CT molecular complexity index is 421. The molecule has 0 amide bonds. The molecule has 0 spiro atoms. The molecule has 88 valence electrons. The summed E-state index contributed by atoms with van der Waals surface area (Å²) < 4.78 is 0. The van der Waals surface area contributed by atoms with Crippen molar-refractivity contribution >= 4 is 17.6 Å². The predicted molar refractivity (Wildman–Crippen MR) is 63.4 cm³/mol. The van der Waals surface area contributed by atoms with E-state index in [-0.39, 0.29) is 22.7 Å². The third-order valence-corrected chi connectivity index (χ3v) is 3.94. The maximum absolute atomic E-state index is 11.2. The Labute approximate surface area is 97.5 Å². The lowest BCUT2D eigenvalue weighted by molar-refractivity contribution is 0.137. The van der Waals surface area contributed by atoms with Gasteiger partial charge in [-0.15, -0.1) is 0 Å². The van der Waals surface area contributed by atoms with Crippen molar-refractivity contribution in [2.45, 2.75) is 42.2 Å². The highest BCUT2D eigenvalue weighted by molar-refractivity contribution is 7.99. The zero-order valence-electron chi connectivity index (χ0n) is 8.85. The highest BCUT2D eigenvalue weighted by Gasteiger charge is 2.24. The fourth-order valence-electron chi connectivity index (χ4n) is 1.87. The molecule has 0 radical (unpaired) electrons. The van der Waals surface area contributed by atoms with Gasteiger partial charge in [0.15, 0.2) is 5.16 Å². The van der Waals surface area contributed by atoms with Gasteiger partial charge in [0, 0.05) is 11.3 Å². The summed E-state index contributed by atoms with van der Waals surface area (Å²) >= 11 is 1.40. The van der Waals surface area contributed by atoms with Crippen molar-refractivity contribution in [3.8, 4) is 0 Å². The summed E-state index contributed by atoms with van der Waals surface area (Å²) in [5, 5.41) is 10.4. The topological polar surface area (TPSA) is 92.0 Å². The Morgan fingerprint density at radius 3 is 2.94 bits per heavy atom. The molecule has 16 heavy (non-hydrogen) atoms. The molecule has 6 heteroatoms. The third kappa shape index (κ3) is 2.76. The van der Waals surface area contributed by atoms with Gasteiger partial charge in [0.25, 0.3) is 5.56 Å². The van der Waals surface area contributed by atoms with E-state index in [1.165, 1.54) is 17.8 Å². The van der Waals surface area contributed by atoms with Crippen LogP contribution in [0.25, 0.3) is 0 Å². The first-order chi connectivity index (χ1) is 7.65. The van der Waals surface area contributed by atoms with Gasteiger partial charge in [-0.3, -0.25) is 4.79 Å². The van der Waals surface area contributed by atoms with Crippen LogP contribution in [0.1, 0.15) is 25.7 Å². The van der Waals surface area contributed by atoms with E-state index in [4.69, 9.17) is 5.73 Å². The number of nitrogens with one attached hydrogen (secondary N) is 1. The van der Waals surface area contributed by atoms with Crippen molar-refractivity contribution in [3.63, 3.8) is 0 Å². The Hall–Kier alpha value is -1.01. The fraction of sp³-hybridized carbons (Fsp3) is 0.600. The fourth-order valence-corrected chi connectivity index (χ4v) is 3.05. The molecule has 1 aromatic rings. The van der Waals surface area contributed by atoms with E-state index < -0.39 is 0 Å². The van der Waals surface area contributed by atoms with Crippen LogP contribution in [-0.2, 0) is 0 Å². The van der Waals surface area contributed by atoms with Crippen molar-refractivity contribution in [2.75, 3.05) is 5.73 Å². The number of aromatic nitrogens is 2. The van der Waals surface area contributed by atoms with Crippen LogP contribution in [0.5, 0.6) is 0 Å². The Morgan fingerprint density at radius 2 is 2.25 bits per heavy atom. The second-order valence-corrected chi connectivity index (χ2v) is 5.21. The number of aliphatic hydroxyl groups is 1. The Morgan fingerprint density at radius 1 is 1.50 bits per heavy atom. The smallest absolute Gasteiger partial charge is 0.253 e. The molecule has 1 heterocycles. The van der Waals surface area contributed by atoms with E-state index in [9.17, 15) is 9.90 Å². The molecule has 0 saturated heterocycles. The van der Waals surface area contributed by atoms with Gasteiger partial charge < -0.3 is 15.8 Å². The van der Waals surface area contributed by atoms with Crippen LogP contribution in [0.2, 0.25) is 0 Å². The van der Waals surface area contributed by atoms with Crippen LogP contribution in [0, 0.1) is 0 Å². The zero-order valence-corrected chi connectivity index (χ0v) is 9.67. The average Bonchev–Trinajstić information content (AvgIpc) is 2.20. The Balaban J connectivity index is 2.10. The molecule has 1 aliphatic rings. The van der Waals surface area contributed by atoms with Gasteiger partial charge in [0.1, 0.15) is 5.82 Å². The van der Waals surface area contributed by atoms with Gasteiger partial charge in [0.05, 0.1) is 6.10 Å². The third-order valence-electron chi connectivity index (χ3n) is 2.67. The van der Waals surface area contributed by atoms with Crippen molar-refractivity contribution < 1.29 is 5.11 Å². The van der Waals surface area contributed by atoms with E-state index in [1.54, 1.807) is 0 Å². The number of aromatic amines is 1. The number of rotatable bonds is 2. The van der Waals surface area contributed by atoms with Crippen LogP contribution in [0.4, 0.5) is 5.82 Å². The maximum atomic E-state index is 11.2. The van der Waals surface area contributed by atoms with Crippen LogP contribution < -0.4 is 11.3 Å². The quantitative estimate of drug-likeness (QED) is 0.664. The van der Waals surface area contributed by atoms with E-state index in [2.05, 4.69) is 9.97 Å². The molecular weight excluding hydrogens is 226 g/mol.